The fourth-order valence-electron chi connectivity index (χ4n) is 1.44. The van der Waals surface area contributed by atoms with Crippen LogP contribution in [0, 0.1) is 0 Å². The number of benzene rings is 1. The summed E-state index contributed by atoms with van der Waals surface area (Å²) in [5.74, 6) is -0.383. The summed E-state index contributed by atoms with van der Waals surface area (Å²) in [5, 5.41) is 9.17. The van der Waals surface area contributed by atoms with Crippen molar-refractivity contribution in [1.29, 1.82) is 0 Å². The van der Waals surface area contributed by atoms with Crippen LogP contribution < -0.4 is 0 Å². The molecule has 0 fully saturated rings. The average Bonchev–Trinajstić information content (AvgIpc) is 2.29. The highest BCUT2D eigenvalue weighted by molar-refractivity contribution is 6.19. The molecule has 1 aromatic carbocycles. The van der Waals surface area contributed by atoms with Gasteiger partial charge < -0.3 is 9.84 Å². The van der Waals surface area contributed by atoms with E-state index < -0.39 is 5.97 Å². The van der Waals surface area contributed by atoms with Gasteiger partial charge in [-0.3, -0.25) is 0 Å². The summed E-state index contributed by atoms with van der Waals surface area (Å²) in [4.78, 5) is 11.2. The number of ether oxygens (including phenoxy) is 1. The monoisotopic (exact) mass is 240 g/mol. The molecule has 0 amide bonds. The lowest BCUT2D eigenvalue weighted by atomic mass is 10.00. The molecule has 0 aromatic heterocycles. The first-order valence-electron chi connectivity index (χ1n) is 4.74. The van der Waals surface area contributed by atoms with Crippen molar-refractivity contribution in [1.82, 2.24) is 0 Å². The first-order chi connectivity index (χ1) is 7.61. The Hall–Kier alpha value is -1.48. The minimum Gasteiger partial charge on any atom is -0.500 e. The maximum Gasteiger partial charge on any atom is 0.339 e. The molecule has 86 valence electrons. The number of carboxylic acids is 1. The van der Waals surface area contributed by atoms with E-state index in [2.05, 4.69) is 0 Å². The molecule has 0 aliphatic carbocycles. The number of halogens is 1. The van der Waals surface area contributed by atoms with Gasteiger partial charge in [0.05, 0.1) is 7.11 Å². The van der Waals surface area contributed by atoms with Crippen LogP contribution >= 0.6 is 11.6 Å². The Morgan fingerprint density at radius 1 is 1.44 bits per heavy atom. The standard InChI is InChI=1S/C12H13ClO3/c1-8(16-2)11(12(14)15)10-6-4-3-5-9(10)7-13/h3-6H,7H2,1-2H3,(H,14,15). The highest BCUT2D eigenvalue weighted by Gasteiger charge is 2.17. The first kappa shape index (κ1) is 12.6. The highest BCUT2D eigenvalue weighted by atomic mass is 35.5. The molecule has 0 saturated carbocycles. The number of alkyl halides is 1. The second-order valence-corrected chi connectivity index (χ2v) is 3.50. The van der Waals surface area contributed by atoms with Crippen LogP contribution in [0.2, 0.25) is 0 Å². The van der Waals surface area contributed by atoms with Gasteiger partial charge in [-0.15, -0.1) is 11.6 Å². The van der Waals surface area contributed by atoms with Gasteiger partial charge in [0.1, 0.15) is 11.3 Å². The van der Waals surface area contributed by atoms with Crippen molar-refractivity contribution in [3.63, 3.8) is 0 Å². The van der Waals surface area contributed by atoms with Crippen LogP contribution in [0.25, 0.3) is 5.57 Å². The summed E-state index contributed by atoms with van der Waals surface area (Å²) in [6, 6.07) is 7.12. The second-order valence-electron chi connectivity index (χ2n) is 3.23. The Labute approximate surface area is 99.3 Å². The van der Waals surface area contributed by atoms with Crippen LogP contribution in [0.5, 0.6) is 0 Å². The van der Waals surface area contributed by atoms with Crippen molar-refractivity contribution in [3.05, 3.63) is 41.2 Å². The van der Waals surface area contributed by atoms with Gasteiger partial charge in [0, 0.05) is 5.88 Å². The summed E-state index contributed by atoms with van der Waals surface area (Å²) >= 11 is 5.77. The molecule has 0 radical (unpaired) electrons. The number of aliphatic carboxylic acids is 1. The lowest BCUT2D eigenvalue weighted by Gasteiger charge is -2.10. The lowest BCUT2D eigenvalue weighted by Crippen LogP contribution is -2.05. The molecular weight excluding hydrogens is 228 g/mol. The molecule has 1 aromatic rings. The van der Waals surface area contributed by atoms with Gasteiger partial charge in [-0.1, -0.05) is 24.3 Å². The topological polar surface area (TPSA) is 46.5 Å². The SMILES string of the molecule is COC(C)=C(C(=O)O)c1ccccc1CCl. The maximum absolute atomic E-state index is 11.2. The normalized spacial score (nSPS) is 11.9. The molecule has 0 bridgehead atoms. The van der Waals surface area contributed by atoms with Crippen LogP contribution in [-0.4, -0.2) is 18.2 Å². The fourth-order valence-corrected chi connectivity index (χ4v) is 1.67. The lowest BCUT2D eigenvalue weighted by molar-refractivity contribution is -0.130. The van der Waals surface area contributed by atoms with Crippen molar-refractivity contribution in [2.75, 3.05) is 7.11 Å². The van der Waals surface area contributed by atoms with Crippen LogP contribution in [0.4, 0.5) is 0 Å². The minimum atomic E-state index is -1.02. The third-order valence-electron chi connectivity index (χ3n) is 2.30. The zero-order valence-electron chi connectivity index (χ0n) is 9.16. The van der Waals surface area contributed by atoms with E-state index in [1.165, 1.54) is 7.11 Å². The van der Waals surface area contributed by atoms with Crippen LogP contribution in [0.1, 0.15) is 18.1 Å². The summed E-state index contributed by atoms with van der Waals surface area (Å²) in [7, 11) is 1.45. The van der Waals surface area contributed by atoms with E-state index in [1.54, 1.807) is 25.1 Å². The van der Waals surface area contributed by atoms with Crippen LogP contribution in [-0.2, 0) is 15.4 Å². The first-order valence-corrected chi connectivity index (χ1v) is 5.27. The molecule has 4 heteroatoms. The molecular formula is C12H13ClO3. The molecule has 0 saturated heterocycles. The highest BCUT2D eigenvalue weighted by Crippen LogP contribution is 2.24. The molecule has 0 aliphatic heterocycles. The third kappa shape index (κ3) is 2.55. The van der Waals surface area contributed by atoms with E-state index in [1.807, 2.05) is 6.07 Å². The van der Waals surface area contributed by atoms with Crippen molar-refractivity contribution in [2.45, 2.75) is 12.8 Å². The predicted octanol–water partition coefficient (Wildman–Crippen LogP) is 2.89. The van der Waals surface area contributed by atoms with E-state index in [-0.39, 0.29) is 11.5 Å². The summed E-state index contributed by atoms with van der Waals surface area (Å²) in [6.45, 7) is 1.62. The number of rotatable bonds is 4. The fraction of sp³-hybridized carbons (Fsp3) is 0.250. The second kappa shape index (κ2) is 5.56. The van der Waals surface area contributed by atoms with Gasteiger partial charge in [0.2, 0.25) is 0 Å². The molecule has 1 N–H and O–H groups in total. The van der Waals surface area contributed by atoms with E-state index in [9.17, 15) is 4.79 Å². The van der Waals surface area contributed by atoms with Gasteiger partial charge in [-0.25, -0.2) is 4.79 Å². The van der Waals surface area contributed by atoms with Crippen molar-refractivity contribution >= 4 is 23.1 Å². The molecule has 0 aliphatic rings. The Bertz CT molecular complexity index is 424. The number of carboxylic acid groups (broad SMARTS) is 1. The van der Waals surface area contributed by atoms with Crippen molar-refractivity contribution in [2.24, 2.45) is 0 Å². The smallest absolute Gasteiger partial charge is 0.339 e. The number of hydrogen-bond acceptors (Lipinski definition) is 2. The maximum atomic E-state index is 11.2. The molecule has 0 heterocycles. The summed E-state index contributed by atoms with van der Waals surface area (Å²) in [6.07, 6.45) is 0. The van der Waals surface area contributed by atoms with E-state index in [4.69, 9.17) is 21.4 Å². The summed E-state index contributed by atoms with van der Waals surface area (Å²) < 4.78 is 4.98. The van der Waals surface area contributed by atoms with E-state index >= 15 is 0 Å². The van der Waals surface area contributed by atoms with Crippen LogP contribution in [0.15, 0.2) is 30.0 Å². The Morgan fingerprint density at radius 3 is 2.56 bits per heavy atom. The van der Waals surface area contributed by atoms with Crippen molar-refractivity contribution < 1.29 is 14.6 Å². The molecule has 16 heavy (non-hydrogen) atoms. The van der Waals surface area contributed by atoms with Gasteiger partial charge in [0.15, 0.2) is 0 Å². The van der Waals surface area contributed by atoms with Crippen LogP contribution in [0.3, 0.4) is 0 Å². The van der Waals surface area contributed by atoms with Gasteiger partial charge in [-0.2, -0.15) is 0 Å². The average molecular weight is 241 g/mol. The van der Waals surface area contributed by atoms with Gasteiger partial charge in [-0.05, 0) is 18.1 Å². The number of methoxy groups -OCH3 is 1. The van der Waals surface area contributed by atoms with E-state index in [0.29, 0.717) is 11.3 Å². The van der Waals surface area contributed by atoms with Crippen molar-refractivity contribution in [3.8, 4) is 0 Å². The third-order valence-corrected chi connectivity index (χ3v) is 2.59. The Morgan fingerprint density at radius 2 is 2.06 bits per heavy atom. The molecule has 0 unspecified atom stereocenters. The molecule has 3 nitrogen and oxygen atoms in total. The number of carbonyl (C=O) groups is 1. The summed E-state index contributed by atoms with van der Waals surface area (Å²) in [5.41, 5.74) is 1.53. The predicted molar refractivity (Wildman–Crippen MR) is 63.2 cm³/mol. The van der Waals surface area contributed by atoms with Gasteiger partial charge >= 0.3 is 5.97 Å². The quantitative estimate of drug-likeness (QED) is 0.500. The molecule has 1 rings (SSSR count). The number of allylic oxidation sites excluding steroid dienone is 1. The van der Waals surface area contributed by atoms with Gasteiger partial charge in [0.25, 0.3) is 0 Å². The zero-order valence-corrected chi connectivity index (χ0v) is 9.91. The van der Waals surface area contributed by atoms with E-state index in [0.717, 1.165) is 5.56 Å². The Kier molecular flexibility index (Phi) is 4.38. The zero-order chi connectivity index (χ0) is 12.1. The molecule has 0 spiro atoms. The number of hydrogen-bond donors (Lipinski definition) is 1. The molecule has 0 atom stereocenters. The minimum absolute atomic E-state index is 0.152. The Balaban J connectivity index is 3.38. The largest absolute Gasteiger partial charge is 0.500 e.